The molecule has 0 radical (unpaired) electrons. The van der Waals surface area contributed by atoms with Crippen molar-refractivity contribution in [2.24, 2.45) is 5.92 Å². The van der Waals surface area contributed by atoms with E-state index in [2.05, 4.69) is 0 Å². The number of sulfone groups is 1. The molecule has 0 aromatic heterocycles. The molecule has 6 nitrogen and oxygen atoms in total. The molecular weight excluding hydrogens is 392 g/mol. The van der Waals surface area contributed by atoms with Gasteiger partial charge in [0.2, 0.25) is 0 Å². The third-order valence-electron chi connectivity index (χ3n) is 5.01. The van der Waals surface area contributed by atoms with Gasteiger partial charge in [0.1, 0.15) is 17.4 Å². The molecule has 1 aliphatic rings. The molecule has 0 heterocycles. The first-order valence-electron chi connectivity index (χ1n) is 9.35. The van der Waals surface area contributed by atoms with Crippen LogP contribution in [0.2, 0.25) is 0 Å². The van der Waals surface area contributed by atoms with E-state index in [0.29, 0.717) is 11.5 Å². The predicted molar refractivity (Wildman–Crippen MR) is 107 cm³/mol. The Balaban J connectivity index is 1.80. The van der Waals surface area contributed by atoms with Crippen LogP contribution in [-0.4, -0.2) is 32.0 Å². The van der Waals surface area contributed by atoms with Gasteiger partial charge in [0.05, 0.1) is 4.90 Å². The second-order valence-electron chi connectivity index (χ2n) is 7.21. The van der Waals surface area contributed by atoms with Gasteiger partial charge in [0.15, 0.2) is 27.2 Å². The molecule has 0 saturated heterocycles. The monoisotopic (exact) mass is 414 g/mol. The summed E-state index contributed by atoms with van der Waals surface area (Å²) in [4.78, 5) is 36.8. The molecule has 0 N–H and O–H groups in total. The summed E-state index contributed by atoms with van der Waals surface area (Å²) in [6.45, 7) is 1.65. The van der Waals surface area contributed by atoms with Crippen LogP contribution in [0.25, 0.3) is 0 Å². The lowest BCUT2D eigenvalue weighted by molar-refractivity contribution is -0.142. The summed E-state index contributed by atoms with van der Waals surface area (Å²) in [5.41, 5.74) is 0.769. The maximum Gasteiger partial charge on any atom is 0.175 e. The quantitative estimate of drug-likeness (QED) is 0.672. The number of hydrogen-bond donors (Lipinski definition) is 0. The van der Waals surface area contributed by atoms with Crippen LogP contribution in [0.4, 0.5) is 0 Å². The highest BCUT2D eigenvalue weighted by Crippen LogP contribution is 2.35. The average molecular weight is 414 g/mol. The van der Waals surface area contributed by atoms with Gasteiger partial charge in [0.25, 0.3) is 0 Å². The molecular formula is C22H22O6S. The zero-order chi connectivity index (χ0) is 21.2. The van der Waals surface area contributed by atoms with E-state index in [1.54, 1.807) is 37.3 Å². The summed E-state index contributed by atoms with van der Waals surface area (Å²) in [6, 6.07) is 13.2. The Morgan fingerprint density at radius 2 is 1.59 bits per heavy atom. The van der Waals surface area contributed by atoms with E-state index in [9.17, 15) is 22.8 Å². The van der Waals surface area contributed by atoms with Gasteiger partial charge in [-0.25, -0.2) is 8.42 Å². The van der Waals surface area contributed by atoms with Crippen molar-refractivity contribution in [1.82, 2.24) is 0 Å². The lowest BCUT2D eigenvalue weighted by Crippen LogP contribution is -2.37. The topological polar surface area (TPSA) is 94.6 Å². The zero-order valence-electron chi connectivity index (χ0n) is 16.3. The molecule has 3 rings (SSSR count). The summed E-state index contributed by atoms with van der Waals surface area (Å²) in [5.74, 6) is -1.55. The number of ketones is 3. The zero-order valence-corrected chi connectivity index (χ0v) is 17.1. The van der Waals surface area contributed by atoms with Crippen LogP contribution < -0.4 is 4.74 Å². The number of ether oxygens (including phenoxy) is 1. The first-order chi connectivity index (χ1) is 13.7. The lowest BCUT2D eigenvalue weighted by Gasteiger charge is -2.26. The minimum absolute atomic E-state index is 0.134. The SMILES string of the molecule is CCC(=O)C1C(=O)CC(c2cccc(Oc3cccc(S(C)(=O)=O)c3)c2)CC1=O. The molecule has 2 aromatic carbocycles. The average Bonchev–Trinajstić information content (AvgIpc) is 2.67. The standard InChI is InChI=1S/C22H22O6S/c1-3-19(23)22-20(24)11-15(12-21(22)25)14-6-4-7-16(10-14)28-17-8-5-9-18(13-17)29(2,26)27/h4-10,13,15,22H,3,11-12H2,1-2H3. The Hall–Kier alpha value is -2.80. The van der Waals surface area contributed by atoms with Crippen LogP contribution in [0.15, 0.2) is 53.4 Å². The smallest absolute Gasteiger partial charge is 0.175 e. The van der Waals surface area contributed by atoms with Crippen molar-refractivity contribution in [2.45, 2.75) is 37.0 Å². The van der Waals surface area contributed by atoms with Crippen LogP contribution in [0.3, 0.4) is 0 Å². The summed E-state index contributed by atoms with van der Waals surface area (Å²) >= 11 is 0. The van der Waals surface area contributed by atoms with Gasteiger partial charge >= 0.3 is 0 Å². The summed E-state index contributed by atoms with van der Waals surface area (Å²) in [7, 11) is -3.35. The first-order valence-corrected chi connectivity index (χ1v) is 11.2. The highest BCUT2D eigenvalue weighted by molar-refractivity contribution is 7.90. The van der Waals surface area contributed by atoms with Crippen molar-refractivity contribution in [2.75, 3.05) is 6.26 Å². The Labute approximate surface area is 169 Å². The van der Waals surface area contributed by atoms with Crippen molar-refractivity contribution in [3.8, 4) is 11.5 Å². The molecule has 152 valence electrons. The van der Waals surface area contributed by atoms with Crippen molar-refractivity contribution < 1.29 is 27.5 Å². The second kappa shape index (κ2) is 8.29. The van der Waals surface area contributed by atoms with Gasteiger partial charge in [-0.3, -0.25) is 14.4 Å². The van der Waals surface area contributed by atoms with E-state index in [0.717, 1.165) is 11.8 Å². The van der Waals surface area contributed by atoms with Crippen LogP contribution in [0, 0.1) is 5.92 Å². The van der Waals surface area contributed by atoms with Crippen LogP contribution in [0.5, 0.6) is 11.5 Å². The lowest BCUT2D eigenvalue weighted by atomic mass is 9.75. The Kier molecular flexibility index (Phi) is 5.98. The summed E-state index contributed by atoms with van der Waals surface area (Å²) < 4.78 is 29.2. The number of carbonyl (C=O) groups is 3. The van der Waals surface area contributed by atoms with Gasteiger partial charge in [-0.05, 0) is 41.8 Å². The third-order valence-corrected chi connectivity index (χ3v) is 6.12. The molecule has 1 fully saturated rings. The number of rotatable bonds is 6. The highest BCUT2D eigenvalue weighted by Gasteiger charge is 2.39. The fraction of sp³-hybridized carbons (Fsp3) is 0.318. The Morgan fingerprint density at radius 1 is 1.00 bits per heavy atom. The van der Waals surface area contributed by atoms with E-state index in [1.807, 2.05) is 6.07 Å². The number of benzene rings is 2. The van der Waals surface area contributed by atoms with Crippen molar-refractivity contribution in [3.63, 3.8) is 0 Å². The van der Waals surface area contributed by atoms with Crippen molar-refractivity contribution in [1.29, 1.82) is 0 Å². The molecule has 0 unspecified atom stereocenters. The maximum atomic E-state index is 12.4. The van der Waals surface area contributed by atoms with Crippen molar-refractivity contribution >= 4 is 27.2 Å². The Bertz CT molecular complexity index is 1050. The molecule has 7 heteroatoms. The minimum Gasteiger partial charge on any atom is -0.457 e. The summed E-state index contributed by atoms with van der Waals surface area (Å²) in [5, 5.41) is 0. The molecule has 0 aliphatic heterocycles. The second-order valence-corrected chi connectivity index (χ2v) is 9.23. The molecule has 0 bridgehead atoms. The van der Waals surface area contributed by atoms with Crippen molar-refractivity contribution in [3.05, 3.63) is 54.1 Å². The van der Waals surface area contributed by atoms with Gasteiger partial charge in [-0.2, -0.15) is 0 Å². The third kappa shape index (κ3) is 4.79. The van der Waals surface area contributed by atoms with Gasteiger partial charge in [0, 0.05) is 25.5 Å². The van der Waals surface area contributed by atoms with Gasteiger partial charge in [-0.1, -0.05) is 25.1 Å². The van der Waals surface area contributed by atoms with E-state index in [4.69, 9.17) is 4.74 Å². The first kappa shape index (κ1) is 20.9. The number of hydrogen-bond acceptors (Lipinski definition) is 6. The summed E-state index contributed by atoms with van der Waals surface area (Å²) in [6.07, 6.45) is 1.56. The van der Waals surface area contributed by atoms with Crippen LogP contribution in [0.1, 0.15) is 37.7 Å². The van der Waals surface area contributed by atoms with E-state index < -0.39 is 15.8 Å². The highest BCUT2D eigenvalue weighted by atomic mass is 32.2. The minimum atomic E-state index is -3.35. The predicted octanol–water partition coefficient (Wildman–Crippen LogP) is 3.49. The molecule has 29 heavy (non-hydrogen) atoms. The maximum absolute atomic E-state index is 12.4. The molecule has 0 amide bonds. The molecule has 2 aromatic rings. The van der Waals surface area contributed by atoms with Crippen LogP contribution >= 0.6 is 0 Å². The largest absolute Gasteiger partial charge is 0.457 e. The molecule has 0 atom stereocenters. The van der Waals surface area contributed by atoms with E-state index in [1.165, 1.54) is 12.1 Å². The molecule has 1 saturated carbocycles. The Morgan fingerprint density at radius 3 is 2.17 bits per heavy atom. The van der Waals surface area contributed by atoms with E-state index in [-0.39, 0.29) is 47.4 Å². The number of carbonyl (C=O) groups excluding carboxylic acids is 3. The fourth-order valence-corrected chi connectivity index (χ4v) is 4.16. The number of Topliss-reactive ketones (excluding diaryl/α,β-unsaturated/α-hetero) is 3. The van der Waals surface area contributed by atoms with Crippen LogP contribution in [-0.2, 0) is 24.2 Å². The molecule has 1 aliphatic carbocycles. The fourth-order valence-electron chi connectivity index (χ4n) is 3.51. The van der Waals surface area contributed by atoms with Gasteiger partial charge in [-0.15, -0.1) is 0 Å². The molecule has 0 spiro atoms. The van der Waals surface area contributed by atoms with Gasteiger partial charge < -0.3 is 4.74 Å². The van der Waals surface area contributed by atoms with E-state index >= 15 is 0 Å². The normalized spacial score (nSPS) is 19.8.